The van der Waals surface area contributed by atoms with Gasteiger partial charge in [-0.25, -0.2) is 9.37 Å². The van der Waals surface area contributed by atoms with Crippen LogP contribution < -0.4 is 0 Å². The van der Waals surface area contributed by atoms with Gasteiger partial charge in [0.15, 0.2) is 5.82 Å². The van der Waals surface area contributed by atoms with Gasteiger partial charge < -0.3 is 4.57 Å². The first-order valence-corrected chi connectivity index (χ1v) is 4.67. The highest BCUT2D eigenvalue weighted by atomic mass is 79.9. The molecule has 2 nitrogen and oxygen atoms in total. The fraction of sp³-hybridized carbons (Fsp3) is 0.222. The van der Waals surface area contributed by atoms with Gasteiger partial charge in [-0.05, 0) is 19.1 Å². The average molecular weight is 243 g/mol. The summed E-state index contributed by atoms with van der Waals surface area (Å²) in [5.74, 6) is 0.528. The Hall–Kier alpha value is -0.900. The molecule has 68 valence electrons. The van der Waals surface area contributed by atoms with Crippen LogP contribution in [-0.4, -0.2) is 9.55 Å². The first-order valence-electron chi connectivity index (χ1n) is 3.87. The lowest BCUT2D eigenvalue weighted by atomic mass is 10.3. The van der Waals surface area contributed by atoms with Crippen molar-refractivity contribution in [1.29, 1.82) is 0 Å². The number of aromatic nitrogens is 2. The third-order valence-electron chi connectivity index (χ3n) is 2.13. The van der Waals surface area contributed by atoms with E-state index in [2.05, 4.69) is 20.9 Å². The van der Waals surface area contributed by atoms with Gasteiger partial charge in [0, 0.05) is 11.5 Å². The first-order chi connectivity index (χ1) is 6.09. The number of hydrogen-bond donors (Lipinski definition) is 0. The maximum absolute atomic E-state index is 13.3. The Bertz CT molecular complexity index is 476. The van der Waals surface area contributed by atoms with E-state index < -0.39 is 0 Å². The van der Waals surface area contributed by atoms with E-state index in [1.54, 1.807) is 0 Å². The van der Waals surface area contributed by atoms with E-state index in [1.807, 2.05) is 24.6 Å². The van der Waals surface area contributed by atoms with Crippen LogP contribution in [0.5, 0.6) is 0 Å². The molecule has 0 atom stereocenters. The monoisotopic (exact) mass is 242 g/mol. The highest BCUT2D eigenvalue weighted by molar-refractivity contribution is 9.10. The number of hydrogen-bond acceptors (Lipinski definition) is 1. The van der Waals surface area contributed by atoms with Gasteiger partial charge in [-0.1, -0.05) is 15.9 Å². The van der Waals surface area contributed by atoms with Crippen LogP contribution >= 0.6 is 15.9 Å². The lowest BCUT2D eigenvalue weighted by Gasteiger charge is -1.97. The summed E-state index contributed by atoms with van der Waals surface area (Å²) in [6, 6.07) is 3.28. The van der Waals surface area contributed by atoms with E-state index in [4.69, 9.17) is 0 Å². The largest absolute Gasteiger partial charge is 0.331 e. The molecule has 0 spiro atoms. The Kier molecular flexibility index (Phi) is 1.87. The summed E-state index contributed by atoms with van der Waals surface area (Å²) >= 11 is 3.25. The number of fused-ring (bicyclic) bond motifs is 1. The Morgan fingerprint density at radius 3 is 2.85 bits per heavy atom. The van der Waals surface area contributed by atoms with Crippen molar-refractivity contribution >= 4 is 27.0 Å². The van der Waals surface area contributed by atoms with Crippen LogP contribution in [0, 0.1) is 12.7 Å². The van der Waals surface area contributed by atoms with Gasteiger partial charge in [0.25, 0.3) is 0 Å². The zero-order valence-corrected chi connectivity index (χ0v) is 8.89. The van der Waals surface area contributed by atoms with Gasteiger partial charge in [-0.2, -0.15) is 0 Å². The van der Waals surface area contributed by atoms with Crippen molar-refractivity contribution in [1.82, 2.24) is 9.55 Å². The topological polar surface area (TPSA) is 17.8 Å². The molecule has 0 aliphatic carbocycles. The molecular weight excluding hydrogens is 235 g/mol. The van der Waals surface area contributed by atoms with Crippen molar-refractivity contribution < 1.29 is 4.39 Å². The number of halogens is 2. The Balaban J connectivity index is 2.94. The molecule has 0 N–H and O–H groups in total. The molecule has 2 rings (SSSR count). The third kappa shape index (κ3) is 1.25. The molecule has 1 heterocycles. The molecular formula is C9H8BrFN2. The number of rotatable bonds is 0. The van der Waals surface area contributed by atoms with Gasteiger partial charge in [0.1, 0.15) is 11.3 Å². The van der Waals surface area contributed by atoms with Crippen LogP contribution in [-0.2, 0) is 7.05 Å². The van der Waals surface area contributed by atoms with Crippen LogP contribution in [0.4, 0.5) is 4.39 Å². The number of imidazole rings is 1. The molecule has 0 aliphatic rings. The van der Waals surface area contributed by atoms with E-state index in [9.17, 15) is 4.39 Å². The molecule has 0 bridgehead atoms. The molecule has 0 amide bonds. The second kappa shape index (κ2) is 2.80. The molecule has 2 aromatic rings. The fourth-order valence-electron chi connectivity index (χ4n) is 1.33. The molecule has 13 heavy (non-hydrogen) atoms. The molecule has 4 heteroatoms. The maximum atomic E-state index is 13.3. The van der Waals surface area contributed by atoms with Gasteiger partial charge in [-0.15, -0.1) is 0 Å². The van der Waals surface area contributed by atoms with Crippen LogP contribution in [0.1, 0.15) is 5.82 Å². The third-order valence-corrected chi connectivity index (χ3v) is 2.59. The Morgan fingerprint density at radius 1 is 1.46 bits per heavy atom. The Morgan fingerprint density at radius 2 is 2.15 bits per heavy atom. The minimum atomic E-state index is -0.284. The highest BCUT2D eigenvalue weighted by Gasteiger charge is 2.09. The number of aryl methyl sites for hydroxylation is 2. The first kappa shape index (κ1) is 8.69. The number of nitrogens with zero attached hydrogens (tertiary/aromatic N) is 2. The summed E-state index contributed by atoms with van der Waals surface area (Å²) in [6.45, 7) is 1.85. The molecule has 0 saturated heterocycles. The normalized spacial score (nSPS) is 11.1. The fourth-order valence-corrected chi connectivity index (χ4v) is 1.75. The van der Waals surface area contributed by atoms with Crippen molar-refractivity contribution in [2.75, 3.05) is 0 Å². The molecule has 0 aliphatic heterocycles. The van der Waals surface area contributed by atoms with Crippen molar-refractivity contribution in [3.8, 4) is 0 Å². The maximum Gasteiger partial charge on any atom is 0.152 e. The van der Waals surface area contributed by atoms with Gasteiger partial charge in [0.05, 0.1) is 5.52 Å². The Labute approximate surface area is 83.5 Å². The van der Waals surface area contributed by atoms with Crippen molar-refractivity contribution in [2.24, 2.45) is 7.05 Å². The zero-order valence-electron chi connectivity index (χ0n) is 7.31. The highest BCUT2D eigenvalue weighted by Crippen LogP contribution is 2.22. The van der Waals surface area contributed by atoms with Gasteiger partial charge in [0.2, 0.25) is 0 Å². The van der Waals surface area contributed by atoms with Gasteiger partial charge >= 0.3 is 0 Å². The summed E-state index contributed by atoms with van der Waals surface area (Å²) in [5, 5.41) is 0. The summed E-state index contributed by atoms with van der Waals surface area (Å²) in [7, 11) is 1.87. The van der Waals surface area contributed by atoms with Crippen LogP contribution in [0.2, 0.25) is 0 Å². The van der Waals surface area contributed by atoms with E-state index in [-0.39, 0.29) is 5.82 Å². The average Bonchev–Trinajstić information content (AvgIpc) is 2.32. The zero-order chi connectivity index (χ0) is 9.59. The molecule has 1 aromatic carbocycles. The molecule has 0 saturated carbocycles. The minimum absolute atomic E-state index is 0.284. The SMILES string of the molecule is Cc1nc2c(F)cc(Br)cc2n1C. The summed E-state index contributed by atoms with van der Waals surface area (Å²) in [6.07, 6.45) is 0. The van der Waals surface area contributed by atoms with Crippen LogP contribution in [0.3, 0.4) is 0 Å². The predicted molar refractivity (Wildman–Crippen MR) is 53.1 cm³/mol. The second-order valence-corrected chi connectivity index (χ2v) is 3.89. The standard InChI is InChI=1S/C9H8BrFN2/c1-5-12-9-7(11)3-6(10)4-8(9)13(5)2/h3-4H,1-2H3. The van der Waals surface area contributed by atoms with Crippen LogP contribution in [0.15, 0.2) is 16.6 Å². The van der Waals surface area contributed by atoms with Crippen molar-refractivity contribution in [2.45, 2.75) is 6.92 Å². The lowest BCUT2D eigenvalue weighted by molar-refractivity contribution is 0.636. The van der Waals surface area contributed by atoms with Crippen molar-refractivity contribution in [3.63, 3.8) is 0 Å². The lowest BCUT2D eigenvalue weighted by Crippen LogP contribution is -1.90. The molecule has 0 radical (unpaired) electrons. The van der Waals surface area contributed by atoms with E-state index >= 15 is 0 Å². The summed E-state index contributed by atoms with van der Waals surface area (Å²) < 4.78 is 15.9. The summed E-state index contributed by atoms with van der Waals surface area (Å²) in [5.41, 5.74) is 1.24. The minimum Gasteiger partial charge on any atom is -0.331 e. The van der Waals surface area contributed by atoms with E-state index in [0.717, 1.165) is 15.8 Å². The van der Waals surface area contributed by atoms with Crippen molar-refractivity contribution in [3.05, 3.63) is 28.2 Å². The predicted octanol–water partition coefficient (Wildman–Crippen LogP) is 2.78. The van der Waals surface area contributed by atoms with E-state index in [1.165, 1.54) is 6.07 Å². The van der Waals surface area contributed by atoms with E-state index in [0.29, 0.717) is 5.52 Å². The van der Waals surface area contributed by atoms with Gasteiger partial charge in [-0.3, -0.25) is 0 Å². The summed E-state index contributed by atoms with van der Waals surface area (Å²) in [4.78, 5) is 4.12. The molecule has 0 unspecified atom stereocenters. The molecule has 1 aromatic heterocycles. The smallest absolute Gasteiger partial charge is 0.152 e. The number of benzene rings is 1. The van der Waals surface area contributed by atoms with Crippen LogP contribution in [0.25, 0.3) is 11.0 Å². The second-order valence-electron chi connectivity index (χ2n) is 2.97. The molecule has 0 fully saturated rings. The quantitative estimate of drug-likeness (QED) is 0.695.